The van der Waals surface area contributed by atoms with Gasteiger partial charge in [-0.3, -0.25) is 0 Å². The molecule has 0 saturated heterocycles. The molecule has 0 amide bonds. The van der Waals surface area contributed by atoms with Crippen molar-refractivity contribution in [1.29, 1.82) is 0 Å². The Hall–Kier alpha value is -1.99. The SMILES string of the molecule is COc1ccc(C#CC(=O)ON)cc1. The molecular formula is C10H9NO3. The average molecular weight is 191 g/mol. The molecule has 0 heterocycles. The second-order valence-electron chi connectivity index (χ2n) is 2.38. The molecule has 0 unspecified atom stereocenters. The molecule has 0 aliphatic heterocycles. The first-order chi connectivity index (χ1) is 6.76. The molecule has 0 bridgehead atoms. The fraction of sp³-hybridized carbons (Fsp3) is 0.100. The molecule has 4 nitrogen and oxygen atoms in total. The molecule has 0 aliphatic carbocycles. The summed E-state index contributed by atoms with van der Waals surface area (Å²) >= 11 is 0. The van der Waals surface area contributed by atoms with Crippen molar-refractivity contribution in [2.24, 2.45) is 5.90 Å². The minimum Gasteiger partial charge on any atom is -0.497 e. The van der Waals surface area contributed by atoms with Gasteiger partial charge in [0.05, 0.1) is 7.11 Å². The van der Waals surface area contributed by atoms with Gasteiger partial charge in [-0.2, -0.15) is 5.90 Å². The highest BCUT2D eigenvalue weighted by molar-refractivity contribution is 5.88. The zero-order chi connectivity index (χ0) is 10.4. The van der Waals surface area contributed by atoms with Crippen molar-refractivity contribution in [2.45, 2.75) is 0 Å². The van der Waals surface area contributed by atoms with Gasteiger partial charge < -0.3 is 9.57 Å². The molecule has 0 radical (unpaired) electrons. The first-order valence-electron chi connectivity index (χ1n) is 3.83. The fourth-order valence-corrected chi connectivity index (χ4v) is 0.827. The zero-order valence-electron chi connectivity index (χ0n) is 7.61. The third-order valence-electron chi connectivity index (χ3n) is 1.51. The summed E-state index contributed by atoms with van der Waals surface area (Å²) in [4.78, 5) is 14.4. The van der Waals surface area contributed by atoms with E-state index in [0.717, 1.165) is 5.75 Å². The predicted molar refractivity (Wildman–Crippen MR) is 50.2 cm³/mol. The van der Waals surface area contributed by atoms with Crippen LogP contribution in [0.25, 0.3) is 0 Å². The van der Waals surface area contributed by atoms with Gasteiger partial charge >= 0.3 is 5.97 Å². The molecule has 0 fully saturated rings. The quantitative estimate of drug-likeness (QED) is 0.517. The predicted octanol–water partition coefficient (Wildman–Crippen LogP) is 0.464. The Labute approximate surface area is 81.6 Å². The number of hydrogen-bond donors (Lipinski definition) is 1. The monoisotopic (exact) mass is 191 g/mol. The van der Waals surface area contributed by atoms with E-state index in [2.05, 4.69) is 22.6 Å². The molecule has 14 heavy (non-hydrogen) atoms. The minimum atomic E-state index is -0.763. The summed E-state index contributed by atoms with van der Waals surface area (Å²) in [6, 6.07) is 6.96. The second-order valence-corrected chi connectivity index (χ2v) is 2.38. The number of methoxy groups -OCH3 is 1. The Morgan fingerprint density at radius 2 is 2.00 bits per heavy atom. The summed E-state index contributed by atoms with van der Waals surface area (Å²) in [6.07, 6.45) is 0. The average Bonchev–Trinajstić information content (AvgIpc) is 2.26. The van der Waals surface area contributed by atoms with Gasteiger partial charge in [0, 0.05) is 11.5 Å². The van der Waals surface area contributed by atoms with Gasteiger partial charge in [-0.25, -0.2) is 4.79 Å². The van der Waals surface area contributed by atoms with Crippen LogP contribution < -0.4 is 10.6 Å². The molecule has 0 aromatic heterocycles. The summed E-state index contributed by atoms with van der Waals surface area (Å²) in [5.74, 6) is 9.38. The van der Waals surface area contributed by atoms with Gasteiger partial charge in [0.25, 0.3) is 0 Å². The molecular weight excluding hydrogens is 182 g/mol. The van der Waals surface area contributed by atoms with Crippen molar-refractivity contribution in [1.82, 2.24) is 0 Å². The van der Waals surface area contributed by atoms with Crippen molar-refractivity contribution < 1.29 is 14.4 Å². The van der Waals surface area contributed by atoms with Crippen LogP contribution in [0.1, 0.15) is 5.56 Å². The molecule has 0 saturated carbocycles. The molecule has 1 aromatic carbocycles. The Morgan fingerprint density at radius 3 is 2.50 bits per heavy atom. The number of benzene rings is 1. The lowest BCUT2D eigenvalue weighted by atomic mass is 10.2. The van der Waals surface area contributed by atoms with Crippen molar-refractivity contribution in [3.05, 3.63) is 29.8 Å². The minimum absolute atomic E-state index is 0.691. The van der Waals surface area contributed by atoms with Crippen LogP contribution in [-0.2, 0) is 9.63 Å². The highest BCUT2D eigenvalue weighted by Crippen LogP contribution is 2.09. The molecule has 0 spiro atoms. The molecule has 4 heteroatoms. The van der Waals surface area contributed by atoms with Crippen LogP contribution >= 0.6 is 0 Å². The fourth-order valence-electron chi connectivity index (χ4n) is 0.827. The number of rotatable bonds is 1. The van der Waals surface area contributed by atoms with E-state index in [1.54, 1.807) is 31.4 Å². The van der Waals surface area contributed by atoms with E-state index < -0.39 is 5.97 Å². The summed E-state index contributed by atoms with van der Waals surface area (Å²) < 4.78 is 4.96. The Balaban J connectivity index is 2.76. The van der Waals surface area contributed by atoms with Gasteiger partial charge in [0.2, 0.25) is 0 Å². The van der Waals surface area contributed by atoms with E-state index in [1.807, 2.05) is 0 Å². The van der Waals surface area contributed by atoms with E-state index >= 15 is 0 Å². The van der Waals surface area contributed by atoms with Crippen molar-refractivity contribution >= 4 is 5.97 Å². The summed E-state index contributed by atoms with van der Waals surface area (Å²) in [5, 5.41) is 0. The van der Waals surface area contributed by atoms with E-state index in [4.69, 9.17) is 4.74 Å². The normalized spacial score (nSPS) is 8.43. The topological polar surface area (TPSA) is 61.5 Å². The maximum atomic E-state index is 10.6. The smallest absolute Gasteiger partial charge is 0.403 e. The second kappa shape index (κ2) is 4.90. The van der Waals surface area contributed by atoms with E-state index in [-0.39, 0.29) is 0 Å². The van der Waals surface area contributed by atoms with Crippen LogP contribution in [0.15, 0.2) is 24.3 Å². The van der Waals surface area contributed by atoms with Crippen molar-refractivity contribution in [3.8, 4) is 17.6 Å². The summed E-state index contributed by atoms with van der Waals surface area (Å²) in [7, 11) is 1.58. The van der Waals surface area contributed by atoms with E-state index in [9.17, 15) is 4.79 Å². The Bertz CT molecular complexity index is 373. The highest BCUT2D eigenvalue weighted by Gasteiger charge is 1.92. The largest absolute Gasteiger partial charge is 0.497 e. The van der Waals surface area contributed by atoms with Crippen LogP contribution in [0.4, 0.5) is 0 Å². The first kappa shape index (κ1) is 10.1. The first-order valence-corrected chi connectivity index (χ1v) is 3.83. The molecule has 0 atom stereocenters. The highest BCUT2D eigenvalue weighted by atomic mass is 16.7. The van der Waals surface area contributed by atoms with Gasteiger partial charge in [0.1, 0.15) is 5.75 Å². The van der Waals surface area contributed by atoms with Crippen molar-refractivity contribution in [2.75, 3.05) is 7.11 Å². The maximum Gasteiger partial charge on any atom is 0.403 e. The molecule has 1 aromatic rings. The maximum absolute atomic E-state index is 10.6. The van der Waals surface area contributed by atoms with Crippen molar-refractivity contribution in [3.63, 3.8) is 0 Å². The molecule has 72 valence electrons. The lowest BCUT2D eigenvalue weighted by Crippen LogP contribution is -2.06. The third kappa shape index (κ3) is 2.81. The third-order valence-corrected chi connectivity index (χ3v) is 1.51. The van der Waals surface area contributed by atoms with Crippen LogP contribution in [0, 0.1) is 11.8 Å². The Morgan fingerprint density at radius 1 is 1.36 bits per heavy atom. The number of ether oxygens (including phenoxy) is 1. The summed E-state index contributed by atoms with van der Waals surface area (Å²) in [5.41, 5.74) is 0.691. The molecule has 0 aliphatic rings. The van der Waals surface area contributed by atoms with Crippen LogP contribution in [0.2, 0.25) is 0 Å². The molecule has 1 rings (SSSR count). The van der Waals surface area contributed by atoms with Crippen LogP contribution in [-0.4, -0.2) is 13.1 Å². The van der Waals surface area contributed by atoms with E-state index in [0.29, 0.717) is 5.56 Å². The summed E-state index contributed by atoms with van der Waals surface area (Å²) in [6.45, 7) is 0. The number of carbonyl (C=O) groups excluding carboxylic acids is 1. The number of carbonyl (C=O) groups is 1. The van der Waals surface area contributed by atoms with Gasteiger partial charge in [-0.1, -0.05) is 5.92 Å². The van der Waals surface area contributed by atoms with Gasteiger partial charge in [-0.15, -0.1) is 0 Å². The zero-order valence-corrected chi connectivity index (χ0v) is 7.61. The molecule has 2 N–H and O–H groups in total. The van der Waals surface area contributed by atoms with Gasteiger partial charge in [-0.05, 0) is 24.3 Å². The van der Waals surface area contributed by atoms with Crippen LogP contribution in [0.3, 0.4) is 0 Å². The lowest BCUT2D eigenvalue weighted by molar-refractivity contribution is -0.137. The van der Waals surface area contributed by atoms with E-state index in [1.165, 1.54) is 0 Å². The lowest BCUT2D eigenvalue weighted by Gasteiger charge is -1.97. The number of nitrogens with two attached hydrogens (primary N) is 1. The standard InChI is InChI=1S/C10H9NO3/c1-13-9-5-2-8(3-6-9)4-7-10(12)14-11/h2-3,5-6H,11H2,1H3. The number of hydrogen-bond acceptors (Lipinski definition) is 4. The van der Waals surface area contributed by atoms with Crippen LogP contribution in [0.5, 0.6) is 5.75 Å². The van der Waals surface area contributed by atoms with Gasteiger partial charge in [0.15, 0.2) is 0 Å². The Kier molecular flexibility index (Phi) is 3.53.